The zero-order chi connectivity index (χ0) is 19.7. The van der Waals surface area contributed by atoms with Crippen LogP contribution in [-0.4, -0.2) is 68.5 Å². The molecule has 1 aliphatic carbocycles. The minimum absolute atomic E-state index is 0.0120. The molecule has 2 amide bonds. The molecule has 0 N–H and O–H groups in total. The van der Waals surface area contributed by atoms with E-state index >= 15 is 0 Å². The normalized spacial score (nSPS) is 27.6. The number of rotatable bonds is 5. The van der Waals surface area contributed by atoms with Crippen LogP contribution in [0.4, 0.5) is 8.78 Å². The Balaban J connectivity index is 1.25. The fourth-order valence-corrected chi connectivity index (χ4v) is 4.88. The highest BCUT2D eigenvalue weighted by Crippen LogP contribution is 2.44. The summed E-state index contributed by atoms with van der Waals surface area (Å²) in [5, 5.41) is 3.99. The highest BCUT2D eigenvalue weighted by Gasteiger charge is 2.46. The summed E-state index contributed by atoms with van der Waals surface area (Å²) in [6.07, 6.45) is 5.86. The number of nitrogens with zero attached hydrogens (tertiary/aromatic N) is 5. The summed E-state index contributed by atoms with van der Waals surface area (Å²) in [6.45, 7) is 3.08. The molecule has 7 nitrogen and oxygen atoms in total. The van der Waals surface area contributed by atoms with Crippen LogP contribution in [0.2, 0.25) is 0 Å². The van der Waals surface area contributed by atoms with Gasteiger partial charge in [-0.3, -0.25) is 9.59 Å². The molecule has 9 heteroatoms. The molecule has 2 aliphatic heterocycles. The van der Waals surface area contributed by atoms with Crippen molar-refractivity contribution < 1.29 is 18.4 Å². The first-order chi connectivity index (χ1) is 13.4. The van der Waals surface area contributed by atoms with Gasteiger partial charge in [-0.05, 0) is 37.0 Å². The summed E-state index contributed by atoms with van der Waals surface area (Å²) in [5.74, 6) is -1.90. The van der Waals surface area contributed by atoms with Crippen LogP contribution in [0.25, 0.3) is 0 Å². The van der Waals surface area contributed by atoms with Crippen molar-refractivity contribution in [2.24, 2.45) is 17.8 Å². The van der Waals surface area contributed by atoms with Gasteiger partial charge in [0.05, 0.1) is 0 Å². The van der Waals surface area contributed by atoms with Gasteiger partial charge in [-0.2, -0.15) is 5.10 Å². The molecule has 3 aliphatic rings. The molecule has 28 heavy (non-hydrogen) atoms. The Morgan fingerprint density at radius 1 is 1.04 bits per heavy atom. The second-order valence-corrected chi connectivity index (χ2v) is 8.56. The molecule has 0 spiro atoms. The van der Waals surface area contributed by atoms with Crippen molar-refractivity contribution in [3.63, 3.8) is 0 Å². The summed E-state index contributed by atoms with van der Waals surface area (Å²) in [7, 11) is 0. The first kappa shape index (κ1) is 19.3. The topological polar surface area (TPSA) is 71.3 Å². The molecule has 1 aromatic heterocycles. The Bertz CT molecular complexity index is 703. The standard InChI is InChI=1S/C19H27F2N5O2/c20-19(21)7-14(8-19)6-17(27)25-5-3-16(10-25)15-2-1-4-24(9-15)18(28)11-26-13-22-12-23-26/h12-16H,1-11H2. The van der Waals surface area contributed by atoms with E-state index in [0.717, 1.165) is 32.4 Å². The van der Waals surface area contributed by atoms with Crippen molar-refractivity contribution in [1.29, 1.82) is 0 Å². The van der Waals surface area contributed by atoms with Crippen molar-refractivity contribution in [2.75, 3.05) is 26.2 Å². The molecular weight excluding hydrogens is 368 g/mol. The predicted octanol–water partition coefficient (Wildman–Crippen LogP) is 1.80. The number of hydrogen-bond acceptors (Lipinski definition) is 4. The molecule has 0 bridgehead atoms. The maximum absolute atomic E-state index is 13.0. The Hall–Kier alpha value is -2.06. The molecular formula is C19H27F2N5O2. The first-order valence-corrected chi connectivity index (χ1v) is 10.2. The third-order valence-corrected chi connectivity index (χ3v) is 6.46. The second kappa shape index (κ2) is 7.75. The predicted molar refractivity (Wildman–Crippen MR) is 96.3 cm³/mol. The van der Waals surface area contributed by atoms with Gasteiger partial charge >= 0.3 is 0 Å². The molecule has 4 rings (SSSR count). The van der Waals surface area contributed by atoms with Gasteiger partial charge in [0, 0.05) is 45.4 Å². The van der Waals surface area contributed by atoms with Gasteiger partial charge < -0.3 is 9.80 Å². The van der Waals surface area contributed by atoms with E-state index in [1.165, 1.54) is 17.3 Å². The Kier molecular flexibility index (Phi) is 5.33. The largest absolute Gasteiger partial charge is 0.342 e. The van der Waals surface area contributed by atoms with Crippen LogP contribution in [0.3, 0.4) is 0 Å². The van der Waals surface area contributed by atoms with E-state index in [9.17, 15) is 18.4 Å². The third-order valence-electron chi connectivity index (χ3n) is 6.46. The monoisotopic (exact) mass is 395 g/mol. The number of hydrogen-bond donors (Lipinski definition) is 0. The van der Waals surface area contributed by atoms with E-state index < -0.39 is 5.92 Å². The first-order valence-electron chi connectivity index (χ1n) is 10.2. The zero-order valence-electron chi connectivity index (χ0n) is 16.0. The lowest BCUT2D eigenvalue weighted by molar-refractivity contribution is -0.141. The maximum atomic E-state index is 13.0. The molecule has 2 unspecified atom stereocenters. The van der Waals surface area contributed by atoms with E-state index in [0.29, 0.717) is 24.9 Å². The summed E-state index contributed by atoms with van der Waals surface area (Å²) >= 11 is 0. The molecule has 154 valence electrons. The Morgan fingerprint density at radius 2 is 1.75 bits per heavy atom. The number of piperidine rings is 1. The molecule has 3 fully saturated rings. The average Bonchev–Trinajstić information content (AvgIpc) is 3.32. The van der Waals surface area contributed by atoms with Gasteiger partial charge in [-0.15, -0.1) is 0 Å². The lowest BCUT2D eigenvalue weighted by Gasteiger charge is -2.36. The zero-order valence-corrected chi connectivity index (χ0v) is 16.0. The maximum Gasteiger partial charge on any atom is 0.248 e. The van der Waals surface area contributed by atoms with Gasteiger partial charge in [-0.25, -0.2) is 18.4 Å². The van der Waals surface area contributed by atoms with Crippen molar-refractivity contribution in [2.45, 2.75) is 51.0 Å². The molecule has 0 radical (unpaired) electrons. The SMILES string of the molecule is O=C(CC1CC(F)(F)C1)N1CCC(C2CCCN(C(=O)Cn3cncn3)C2)C1. The van der Waals surface area contributed by atoms with E-state index in [1.54, 1.807) is 0 Å². The van der Waals surface area contributed by atoms with E-state index in [-0.39, 0.29) is 43.5 Å². The minimum Gasteiger partial charge on any atom is -0.342 e. The van der Waals surface area contributed by atoms with Gasteiger partial charge in [0.25, 0.3) is 0 Å². The smallest absolute Gasteiger partial charge is 0.248 e. The van der Waals surface area contributed by atoms with Crippen LogP contribution in [0, 0.1) is 17.8 Å². The van der Waals surface area contributed by atoms with Crippen molar-refractivity contribution in [3.05, 3.63) is 12.7 Å². The van der Waals surface area contributed by atoms with Gasteiger partial charge in [-0.1, -0.05) is 0 Å². The van der Waals surface area contributed by atoms with Crippen LogP contribution in [0.15, 0.2) is 12.7 Å². The number of aromatic nitrogens is 3. The number of alkyl halides is 2. The van der Waals surface area contributed by atoms with Crippen molar-refractivity contribution in [1.82, 2.24) is 24.6 Å². The van der Waals surface area contributed by atoms with Gasteiger partial charge in [0.2, 0.25) is 17.7 Å². The van der Waals surface area contributed by atoms with Crippen LogP contribution < -0.4 is 0 Å². The highest BCUT2D eigenvalue weighted by atomic mass is 19.3. The molecule has 2 saturated heterocycles. The van der Waals surface area contributed by atoms with Crippen LogP contribution in [-0.2, 0) is 16.1 Å². The Morgan fingerprint density at radius 3 is 2.43 bits per heavy atom. The number of carbonyl (C=O) groups is 2. The number of halogens is 2. The number of amides is 2. The third kappa shape index (κ3) is 4.33. The van der Waals surface area contributed by atoms with E-state index in [2.05, 4.69) is 10.1 Å². The average molecular weight is 395 g/mol. The van der Waals surface area contributed by atoms with Crippen molar-refractivity contribution in [3.8, 4) is 0 Å². The fraction of sp³-hybridized carbons (Fsp3) is 0.789. The minimum atomic E-state index is -2.57. The lowest BCUT2D eigenvalue weighted by Crippen LogP contribution is -2.44. The second-order valence-electron chi connectivity index (χ2n) is 8.56. The van der Waals surface area contributed by atoms with Gasteiger partial charge in [0.15, 0.2) is 0 Å². The molecule has 3 heterocycles. The van der Waals surface area contributed by atoms with Crippen LogP contribution >= 0.6 is 0 Å². The summed E-state index contributed by atoms with van der Waals surface area (Å²) in [6, 6.07) is 0. The molecule has 1 saturated carbocycles. The van der Waals surface area contributed by atoms with Crippen LogP contribution in [0.1, 0.15) is 38.5 Å². The number of likely N-dealkylation sites (tertiary alicyclic amines) is 2. The highest BCUT2D eigenvalue weighted by molar-refractivity contribution is 5.77. The summed E-state index contributed by atoms with van der Waals surface area (Å²) in [4.78, 5) is 32.6. The van der Waals surface area contributed by atoms with Crippen LogP contribution in [0.5, 0.6) is 0 Å². The molecule has 1 aromatic rings. The van der Waals surface area contributed by atoms with E-state index in [1.807, 2.05) is 9.80 Å². The fourth-order valence-electron chi connectivity index (χ4n) is 4.88. The molecule has 2 atom stereocenters. The summed E-state index contributed by atoms with van der Waals surface area (Å²) in [5.41, 5.74) is 0. The van der Waals surface area contributed by atoms with Gasteiger partial charge in [0.1, 0.15) is 19.2 Å². The van der Waals surface area contributed by atoms with E-state index in [4.69, 9.17) is 0 Å². The number of carbonyl (C=O) groups excluding carboxylic acids is 2. The van der Waals surface area contributed by atoms with Crippen molar-refractivity contribution >= 4 is 11.8 Å². The molecule has 0 aromatic carbocycles. The summed E-state index contributed by atoms with van der Waals surface area (Å²) < 4.78 is 27.5. The Labute approximate surface area is 163 Å². The lowest BCUT2D eigenvalue weighted by atomic mass is 9.79. The quantitative estimate of drug-likeness (QED) is 0.762.